The molecule has 4 heteroatoms. The Morgan fingerprint density at radius 2 is 2.29 bits per heavy atom. The highest BCUT2D eigenvalue weighted by Crippen LogP contribution is 2.23. The van der Waals surface area contributed by atoms with Crippen molar-refractivity contribution in [2.45, 2.75) is 13.8 Å². The lowest BCUT2D eigenvalue weighted by Crippen LogP contribution is -2.03. The van der Waals surface area contributed by atoms with Gasteiger partial charge in [0, 0.05) is 10.9 Å². The fraction of sp³-hybridized carbons (Fsp3) is 0.231. The van der Waals surface area contributed by atoms with Crippen LogP contribution in [0.2, 0.25) is 0 Å². The summed E-state index contributed by atoms with van der Waals surface area (Å²) in [5.74, 6) is -0.351. The molecule has 1 heterocycles. The minimum atomic E-state index is -0.351. The highest BCUT2D eigenvalue weighted by atomic mass is 32.1. The standard InChI is InChI=1S/C13H13NO2S/c1-3-16-13(15)12-14-11(8-17-12)10-6-4-5-9(2)7-10/h4-8H,3H2,1-2H3. The third kappa shape index (κ3) is 2.71. The normalized spacial score (nSPS) is 10.2. The van der Waals surface area contributed by atoms with Crippen LogP contribution in [0.15, 0.2) is 29.6 Å². The van der Waals surface area contributed by atoms with Gasteiger partial charge in [0.25, 0.3) is 0 Å². The van der Waals surface area contributed by atoms with Crippen molar-refractivity contribution in [2.75, 3.05) is 6.61 Å². The topological polar surface area (TPSA) is 39.2 Å². The van der Waals surface area contributed by atoms with E-state index >= 15 is 0 Å². The summed E-state index contributed by atoms with van der Waals surface area (Å²) in [7, 11) is 0. The van der Waals surface area contributed by atoms with Gasteiger partial charge in [-0.05, 0) is 19.9 Å². The van der Waals surface area contributed by atoms with Gasteiger partial charge in [-0.2, -0.15) is 0 Å². The Labute approximate surface area is 104 Å². The zero-order valence-corrected chi connectivity index (χ0v) is 10.6. The van der Waals surface area contributed by atoms with Gasteiger partial charge in [-0.15, -0.1) is 11.3 Å². The molecule has 0 saturated carbocycles. The summed E-state index contributed by atoms with van der Waals surface area (Å²) in [6, 6.07) is 8.04. The van der Waals surface area contributed by atoms with Gasteiger partial charge in [-0.3, -0.25) is 0 Å². The van der Waals surface area contributed by atoms with Crippen LogP contribution >= 0.6 is 11.3 Å². The molecule has 0 unspecified atom stereocenters. The van der Waals surface area contributed by atoms with Crippen LogP contribution in [0.4, 0.5) is 0 Å². The van der Waals surface area contributed by atoms with Crippen LogP contribution in [0, 0.1) is 6.92 Å². The van der Waals surface area contributed by atoms with Gasteiger partial charge in [0.15, 0.2) is 0 Å². The first-order chi connectivity index (χ1) is 8.20. The summed E-state index contributed by atoms with van der Waals surface area (Å²) >= 11 is 1.31. The predicted octanol–water partition coefficient (Wildman–Crippen LogP) is 3.30. The smallest absolute Gasteiger partial charge is 0.367 e. The summed E-state index contributed by atoms with van der Waals surface area (Å²) < 4.78 is 4.91. The molecule has 1 aromatic carbocycles. The minimum absolute atomic E-state index is 0.351. The van der Waals surface area contributed by atoms with Crippen molar-refractivity contribution in [2.24, 2.45) is 0 Å². The Morgan fingerprint density at radius 1 is 1.47 bits per heavy atom. The monoisotopic (exact) mass is 247 g/mol. The summed E-state index contributed by atoms with van der Waals surface area (Å²) in [5, 5.41) is 2.28. The maximum Gasteiger partial charge on any atom is 0.367 e. The average molecular weight is 247 g/mol. The molecule has 2 rings (SSSR count). The molecule has 17 heavy (non-hydrogen) atoms. The van der Waals surface area contributed by atoms with Gasteiger partial charge in [-0.1, -0.05) is 23.8 Å². The van der Waals surface area contributed by atoms with E-state index in [4.69, 9.17) is 4.74 Å². The first-order valence-electron chi connectivity index (χ1n) is 5.40. The average Bonchev–Trinajstić information content (AvgIpc) is 2.78. The van der Waals surface area contributed by atoms with E-state index in [1.807, 2.05) is 36.6 Å². The van der Waals surface area contributed by atoms with Crippen molar-refractivity contribution in [1.29, 1.82) is 0 Å². The number of hydrogen-bond donors (Lipinski definition) is 0. The number of carbonyl (C=O) groups excluding carboxylic acids is 1. The molecule has 2 aromatic rings. The SMILES string of the molecule is CCOC(=O)c1nc(-c2cccc(C)c2)cs1. The van der Waals surface area contributed by atoms with Crippen LogP contribution in [0.3, 0.4) is 0 Å². The molecule has 0 aliphatic carbocycles. The molecular weight excluding hydrogens is 234 g/mol. The second kappa shape index (κ2) is 5.10. The first kappa shape index (κ1) is 11.8. The Hall–Kier alpha value is -1.68. The van der Waals surface area contributed by atoms with Crippen LogP contribution in [-0.2, 0) is 4.74 Å². The number of ether oxygens (including phenoxy) is 1. The Balaban J connectivity index is 2.27. The molecule has 0 atom stereocenters. The molecule has 0 bridgehead atoms. The molecule has 0 spiro atoms. The van der Waals surface area contributed by atoms with E-state index < -0.39 is 0 Å². The maximum absolute atomic E-state index is 11.5. The van der Waals surface area contributed by atoms with Crippen LogP contribution in [0.5, 0.6) is 0 Å². The number of esters is 1. The van der Waals surface area contributed by atoms with E-state index in [2.05, 4.69) is 4.98 Å². The van der Waals surface area contributed by atoms with Crippen molar-refractivity contribution in [3.8, 4) is 11.3 Å². The number of thiazole rings is 1. The van der Waals surface area contributed by atoms with Crippen LogP contribution in [-0.4, -0.2) is 17.6 Å². The molecule has 0 N–H and O–H groups in total. The third-order valence-corrected chi connectivity index (χ3v) is 3.09. The number of aromatic nitrogens is 1. The lowest BCUT2D eigenvalue weighted by molar-refractivity contribution is 0.0526. The molecule has 0 saturated heterocycles. The molecule has 0 radical (unpaired) electrons. The number of carbonyl (C=O) groups is 1. The Kier molecular flexibility index (Phi) is 3.54. The molecular formula is C13H13NO2S. The van der Waals surface area contributed by atoms with Gasteiger partial charge in [0.05, 0.1) is 12.3 Å². The van der Waals surface area contributed by atoms with E-state index in [-0.39, 0.29) is 5.97 Å². The summed E-state index contributed by atoms with van der Waals surface area (Å²) in [5.41, 5.74) is 3.02. The minimum Gasteiger partial charge on any atom is -0.461 e. The predicted molar refractivity (Wildman–Crippen MR) is 68.2 cm³/mol. The van der Waals surface area contributed by atoms with E-state index in [1.54, 1.807) is 6.92 Å². The van der Waals surface area contributed by atoms with E-state index in [1.165, 1.54) is 16.9 Å². The van der Waals surface area contributed by atoms with E-state index in [0.29, 0.717) is 11.6 Å². The highest BCUT2D eigenvalue weighted by Gasteiger charge is 2.12. The number of aryl methyl sites for hydroxylation is 1. The summed E-state index contributed by atoms with van der Waals surface area (Å²) in [4.78, 5) is 15.8. The molecule has 1 aromatic heterocycles. The zero-order chi connectivity index (χ0) is 12.3. The van der Waals surface area contributed by atoms with E-state index in [0.717, 1.165) is 11.3 Å². The van der Waals surface area contributed by atoms with Gasteiger partial charge >= 0.3 is 5.97 Å². The Morgan fingerprint density at radius 3 is 3.00 bits per heavy atom. The maximum atomic E-state index is 11.5. The van der Waals surface area contributed by atoms with Crippen molar-refractivity contribution < 1.29 is 9.53 Å². The van der Waals surface area contributed by atoms with Crippen molar-refractivity contribution in [1.82, 2.24) is 4.98 Å². The lowest BCUT2D eigenvalue weighted by atomic mass is 10.1. The number of nitrogens with zero attached hydrogens (tertiary/aromatic N) is 1. The largest absolute Gasteiger partial charge is 0.461 e. The zero-order valence-electron chi connectivity index (χ0n) is 9.77. The van der Waals surface area contributed by atoms with Gasteiger partial charge in [-0.25, -0.2) is 9.78 Å². The summed E-state index contributed by atoms with van der Waals surface area (Å²) in [6.45, 7) is 4.19. The molecule has 3 nitrogen and oxygen atoms in total. The lowest BCUT2D eigenvalue weighted by Gasteiger charge is -1.98. The molecule has 88 valence electrons. The van der Waals surface area contributed by atoms with Gasteiger partial charge < -0.3 is 4.74 Å². The second-order valence-corrected chi connectivity index (χ2v) is 4.49. The van der Waals surface area contributed by atoms with Crippen LogP contribution < -0.4 is 0 Å². The van der Waals surface area contributed by atoms with Crippen LogP contribution in [0.1, 0.15) is 22.3 Å². The van der Waals surface area contributed by atoms with Crippen molar-refractivity contribution in [3.63, 3.8) is 0 Å². The fourth-order valence-corrected chi connectivity index (χ4v) is 2.22. The van der Waals surface area contributed by atoms with Crippen LogP contribution in [0.25, 0.3) is 11.3 Å². The first-order valence-corrected chi connectivity index (χ1v) is 6.28. The quantitative estimate of drug-likeness (QED) is 0.781. The van der Waals surface area contributed by atoms with E-state index in [9.17, 15) is 4.79 Å². The third-order valence-electron chi connectivity index (χ3n) is 2.27. The van der Waals surface area contributed by atoms with Gasteiger partial charge in [0.2, 0.25) is 5.01 Å². The van der Waals surface area contributed by atoms with Crippen molar-refractivity contribution >= 4 is 17.3 Å². The Bertz CT molecular complexity index is 534. The highest BCUT2D eigenvalue weighted by molar-refractivity contribution is 7.11. The molecule has 0 fully saturated rings. The number of hydrogen-bond acceptors (Lipinski definition) is 4. The number of rotatable bonds is 3. The van der Waals surface area contributed by atoms with Gasteiger partial charge in [0.1, 0.15) is 0 Å². The number of benzene rings is 1. The fourth-order valence-electron chi connectivity index (χ4n) is 1.50. The molecule has 0 amide bonds. The molecule has 0 aliphatic rings. The molecule has 0 aliphatic heterocycles. The summed E-state index contributed by atoms with van der Waals surface area (Å²) in [6.07, 6.45) is 0. The second-order valence-electron chi connectivity index (χ2n) is 3.63. The van der Waals surface area contributed by atoms with Crippen molar-refractivity contribution in [3.05, 3.63) is 40.2 Å².